The van der Waals surface area contributed by atoms with Gasteiger partial charge in [0.2, 0.25) is 0 Å². The summed E-state index contributed by atoms with van der Waals surface area (Å²) in [5.41, 5.74) is 1.59. The first-order chi connectivity index (χ1) is 12.8. The number of carbonyl (C=O) groups is 1. The van der Waals surface area contributed by atoms with Gasteiger partial charge in [-0.15, -0.1) is 0 Å². The summed E-state index contributed by atoms with van der Waals surface area (Å²) in [6.07, 6.45) is -5.18. The molecule has 2 aromatic carbocycles. The van der Waals surface area contributed by atoms with Crippen LogP contribution < -0.4 is 0 Å². The molecule has 1 aromatic heterocycles. The fourth-order valence-electron chi connectivity index (χ4n) is 2.63. The molecule has 0 amide bonds. The normalized spacial score (nSPS) is 12.4. The third kappa shape index (κ3) is 4.44. The smallest absolute Gasteiger partial charge is 0.450 e. The Kier molecular flexibility index (Phi) is 5.12. The molecule has 4 nitrogen and oxygen atoms in total. The molecule has 1 N–H and O–H groups in total. The van der Waals surface area contributed by atoms with Crippen LogP contribution in [0.3, 0.4) is 0 Å². The summed E-state index contributed by atoms with van der Waals surface area (Å²) in [5.74, 6) is 0. The first kappa shape index (κ1) is 18.4. The summed E-state index contributed by atoms with van der Waals surface area (Å²) < 4.78 is 42.9. The number of rotatable bonds is 4. The predicted molar refractivity (Wildman–Crippen MR) is 92.1 cm³/mol. The van der Waals surface area contributed by atoms with Crippen molar-refractivity contribution in [1.82, 2.24) is 4.98 Å². The number of halogens is 3. The van der Waals surface area contributed by atoms with E-state index in [-0.39, 0.29) is 0 Å². The zero-order valence-electron chi connectivity index (χ0n) is 13.9. The zero-order chi connectivity index (χ0) is 19.4. The minimum absolute atomic E-state index is 0.433. The topological polar surface area (TPSA) is 59.4 Å². The largest absolute Gasteiger partial charge is 0.506 e. The van der Waals surface area contributed by atoms with Crippen LogP contribution in [0.4, 0.5) is 18.0 Å². The van der Waals surface area contributed by atoms with E-state index in [2.05, 4.69) is 4.98 Å². The van der Waals surface area contributed by atoms with Gasteiger partial charge in [0.25, 0.3) is 0 Å². The van der Waals surface area contributed by atoms with E-state index in [1.165, 1.54) is 18.3 Å². The van der Waals surface area contributed by atoms with E-state index in [9.17, 15) is 18.0 Å². The Morgan fingerprint density at radius 2 is 1.52 bits per heavy atom. The number of benzene rings is 2. The summed E-state index contributed by atoms with van der Waals surface area (Å²) in [7, 11) is 0. The van der Waals surface area contributed by atoms with Crippen LogP contribution >= 0.6 is 0 Å². The maximum absolute atomic E-state index is 12.7. The van der Waals surface area contributed by atoms with Crippen molar-refractivity contribution in [2.24, 2.45) is 0 Å². The second-order valence-electron chi connectivity index (χ2n) is 5.72. The van der Waals surface area contributed by atoms with E-state index >= 15 is 0 Å². The minimum Gasteiger partial charge on any atom is -0.450 e. The monoisotopic (exact) mass is 373 g/mol. The summed E-state index contributed by atoms with van der Waals surface area (Å²) in [4.78, 5) is 15.1. The average Bonchev–Trinajstić information content (AvgIpc) is 2.66. The lowest BCUT2D eigenvalue weighted by molar-refractivity contribution is -0.137. The van der Waals surface area contributed by atoms with Gasteiger partial charge in [0.05, 0.1) is 11.3 Å². The van der Waals surface area contributed by atoms with Crippen molar-refractivity contribution in [3.8, 4) is 11.1 Å². The molecule has 0 saturated carbocycles. The number of pyridine rings is 1. The number of carboxylic acid groups (broad SMARTS) is 1. The Hall–Kier alpha value is -3.35. The summed E-state index contributed by atoms with van der Waals surface area (Å²) in [6, 6.07) is 16.6. The molecule has 27 heavy (non-hydrogen) atoms. The molecule has 3 aromatic rings. The van der Waals surface area contributed by atoms with Gasteiger partial charge in [0.15, 0.2) is 6.10 Å². The maximum atomic E-state index is 12.7. The van der Waals surface area contributed by atoms with Crippen LogP contribution in [0.1, 0.15) is 22.9 Å². The molecule has 0 bridgehead atoms. The minimum atomic E-state index is -4.38. The lowest BCUT2D eigenvalue weighted by atomic mass is 9.99. The van der Waals surface area contributed by atoms with E-state index in [1.54, 1.807) is 42.5 Å². The van der Waals surface area contributed by atoms with Crippen LogP contribution in [0.15, 0.2) is 72.9 Å². The van der Waals surface area contributed by atoms with E-state index in [4.69, 9.17) is 9.84 Å². The van der Waals surface area contributed by atoms with Crippen LogP contribution in [-0.4, -0.2) is 16.2 Å². The van der Waals surface area contributed by atoms with E-state index in [0.29, 0.717) is 22.4 Å². The first-order valence-corrected chi connectivity index (χ1v) is 7.93. The number of ether oxygens (including phenoxy) is 1. The van der Waals surface area contributed by atoms with Gasteiger partial charge in [0.1, 0.15) is 0 Å². The molecule has 0 spiro atoms. The van der Waals surface area contributed by atoms with Gasteiger partial charge in [-0.2, -0.15) is 13.2 Å². The molecule has 0 aliphatic rings. The molecule has 0 radical (unpaired) electrons. The van der Waals surface area contributed by atoms with Gasteiger partial charge in [-0.25, -0.2) is 4.79 Å². The van der Waals surface area contributed by atoms with E-state index in [1.807, 2.05) is 0 Å². The molecule has 7 heteroatoms. The molecule has 0 fully saturated rings. The lowest BCUT2D eigenvalue weighted by Gasteiger charge is -2.16. The van der Waals surface area contributed by atoms with Crippen molar-refractivity contribution in [2.75, 3.05) is 0 Å². The van der Waals surface area contributed by atoms with Gasteiger partial charge in [-0.05, 0) is 41.0 Å². The average molecular weight is 373 g/mol. The molecule has 1 atom stereocenters. The van der Waals surface area contributed by atoms with Crippen molar-refractivity contribution >= 4 is 6.16 Å². The molecular weight excluding hydrogens is 359 g/mol. The summed E-state index contributed by atoms with van der Waals surface area (Å²) >= 11 is 0. The highest BCUT2D eigenvalue weighted by Crippen LogP contribution is 2.32. The molecule has 0 aliphatic heterocycles. The number of hydrogen-bond acceptors (Lipinski definition) is 3. The second-order valence-corrected chi connectivity index (χ2v) is 5.72. The van der Waals surface area contributed by atoms with E-state index < -0.39 is 24.0 Å². The molecule has 1 heterocycles. The highest BCUT2D eigenvalue weighted by Gasteiger charge is 2.30. The molecule has 3 rings (SSSR count). The van der Waals surface area contributed by atoms with Crippen molar-refractivity contribution in [3.05, 3.63) is 89.7 Å². The highest BCUT2D eigenvalue weighted by atomic mass is 19.4. The molecular formula is C20H14F3NO3. The Bertz CT molecular complexity index is 908. The van der Waals surface area contributed by atoms with Gasteiger partial charge in [-0.1, -0.05) is 42.5 Å². The fraction of sp³-hybridized carbons (Fsp3) is 0.100. The standard InChI is InChI=1S/C20H14F3NO3/c21-20(22,23)16-10-8-14(9-11-16)13-4-6-15(7-5-13)18(27-19(25)26)17-3-1-2-12-24-17/h1-12,18H,(H,25,26). The van der Waals surface area contributed by atoms with Crippen molar-refractivity contribution in [1.29, 1.82) is 0 Å². The van der Waals surface area contributed by atoms with Gasteiger partial charge >= 0.3 is 12.3 Å². The number of nitrogens with zero attached hydrogens (tertiary/aromatic N) is 1. The first-order valence-electron chi connectivity index (χ1n) is 7.93. The Balaban J connectivity index is 1.88. The quantitative estimate of drug-likeness (QED) is 0.609. The molecule has 138 valence electrons. The summed E-state index contributed by atoms with van der Waals surface area (Å²) in [6.45, 7) is 0. The van der Waals surface area contributed by atoms with Crippen molar-refractivity contribution < 1.29 is 27.8 Å². The van der Waals surface area contributed by atoms with Gasteiger partial charge in [-0.3, -0.25) is 4.98 Å². The van der Waals surface area contributed by atoms with Crippen molar-refractivity contribution in [3.63, 3.8) is 0 Å². The highest BCUT2D eigenvalue weighted by molar-refractivity contribution is 5.64. The van der Waals surface area contributed by atoms with Gasteiger partial charge in [0, 0.05) is 6.20 Å². The molecule has 1 unspecified atom stereocenters. The second kappa shape index (κ2) is 7.49. The maximum Gasteiger partial charge on any atom is 0.506 e. The van der Waals surface area contributed by atoms with E-state index in [0.717, 1.165) is 12.1 Å². The van der Waals surface area contributed by atoms with Gasteiger partial charge < -0.3 is 9.84 Å². The molecule has 0 aliphatic carbocycles. The van der Waals surface area contributed by atoms with Crippen LogP contribution in [-0.2, 0) is 10.9 Å². The van der Waals surface area contributed by atoms with Crippen LogP contribution in [0, 0.1) is 0 Å². The van der Waals surface area contributed by atoms with Crippen molar-refractivity contribution in [2.45, 2.75) is 12.3 Å². The zero-order valence-corrected chi connectivity index (χ0v) is 13.9. The fourth-order valence-corrected chi connectivity index (χ4v) is 2.63. The predicted octanol–water partition coefficient (Wildman–Crippen LogP) is 5.55. The number of alkyl halides is 3. The number of hydrogen-bond donors (Lipinski definition) is 1. The van der Waals surface area contributed by atoms with Crippen LogP contribution in [0.5, 0.6) is 0 Å². The van der Waals surface area contributed by atoms with Crippen LogP contribution in [0.25, 0.3) is 11.1 Å². The Labute approximate surface area is 152 Å². The SMILES string of the molecule is O=C(O)OC(c1ccc(-c2ccc(C(F)(F)F)cc2)cc1)c1ccccn1. The Morgan fingerprint density at radius 3 is 2.00 bits per heavy atom. The Morgan fingerprint density at radius 1 is 0.926 bits per heavy atom. The van der Waals surface area contributed by atoms with Crippen LogP contribution in [0.2, 0.25) is 0 Å². The lowest BCUT2D eigenvalue weighted by Crippen LogP contribution is -2.12. The number of aromatic nitrogens is 1. The third-order valence-electron chi connectivity index (χ3n) is 3.93. The molecule has 0 saturated heterocycles. The third-order valence-corrected chi connectivity index (χ3v) is 3.93. The summed E-state index contributed by atoms with van der Waals surface area (Å²) in [5, 5.41) is 8.99.